The Bertz CT molecular complexity index is 1900. The third kappa shape index (κ3) is 9.41. The van der Waals surface area contributed by atoms with Crippen LogP contribution in [0.4, 0.5) is 40.7 Å². The summed E-state index contributed by atoms with van der Waals surface area (Å²) in [6, 6.07) is 5.97. The molecule has 1 fully saturated rings. The number of aromatic nitrogens is 2. The number of halogens is 6. The van der Waals surface area contributed by atoms with Crippen LogP contribution in [0.5, 0.6) is 0 Å². The molecule has 0 saturated carbocycles. The third-order valence-corrected chi connectivity index (χ3v) is 8.76. The van der Waals surface area contributed by atoms with Gasteiger partial charge in [0.2, 0.25) is 0 Å². The van der Waals surface area contributed by atoms with Gasteiger partial charge in [-0.25, -0.2) is 9.59 Å². The minimum Gasteiger partial charge on any atom is -0.465 e. The summed E-state index contributed by atoms with van der Waals surface area (Å²) >= 11 is 0.628. The molecule has 3 aromatic rings. The van der Waals surface area contributed by atoms with Crippen molar-refractivity contribution in [1.29, 1.82) is 0 Å². The fourth-order valence-electron chi connectivity index (χ4n) is 5.49. The molecule has 0 bridgehead atoms. The van der Waals surface area contributed by atoms with Gasteiger partial charge in [0.1, 0.15) is 0 Å². The van der Waals surface area contributed by atoms with Crippen molar-refractivity contribution < 1.29 is 60.6 Å². The Kier molecular flexibility index (Phi) is 11.5. The fourth-order valence-corrected chi connectivity index (χ4v) is 6.35. The number of carbonyl (C=O) groups is 4. The SMILES string of the molecule is CC(C)(C)N(C(=O)O)C(NOCCN1C(=O)SC(=Cc2ccc3c(cnn3Cc3ccc(C(F)(F)F)cc3C(F)(F)F)c2)C1=O)N(C(=O)O)C(C)(C)C. The zero-order valence-corrected chi connectivity index (χ0v) is 30.0. The predicted octanol–water partition coefficient (Wildman–Crippen LogP) is 7.52. The number of rotatable bonds is 10. The van der Waals surface area contributed by atoms with Gasteiger partial charge in [-0.1, -0.05) is 12.1 Å². The van der Waals surface area contributed by atoms with Gasteiger partial charge in [-0.15, -0.1) is 0 Å². The number of nitrogens with one attached hydrogen (secondary N) is 1. The number of carbonyl (C=O) groups excluding carboxylic acids is 2. The molecule has 0 atom stereocenters. The first-order valence-corrected chi connectivity index (χ1v) is 16.5. The van der Waals surface area contributed by atoms with Crippen molar-refractivity contribution in [3.63, 3.8) is 0 Å². The van der Waals surface area contributed by atoms with Crippen LogP contribution in [0.15, 0.2) is 47.5 Å². The number of amides is 4. The van der Waals surface area contributed by atoms with E-state index in [1.807, 2.05) is 0 Å². The van der Waals surface area contributed by atoms with E-state index in [0.717, 1.165) is 20.8 Å². The molecule has 1 aliphatic heterocycles. The molecule has 1 saturated heterocycles. The second-order valence-corrected chi connectivity index (χ2v) is 14.8. The van der Waals surface area contributed by atoms with Crippen LogP contribution in [-0.2, 0) is 28.5 Å². The summed E-state index contributed by atoms with van der Waals surface area (Å²) in [4.78, 5) is 58.4. The molecule has 2 heterocycles. The van der Waals surface area contributed by atoms with Crippen LogP contribution in [0.2, 0.25) is 0 Å². The van der Waals surface area contributed by atoms with Crippen LogP contribution in [0.1, 0.15) is 63.8 Å². The number of carboxylic acid groups (broad SMARTS) is 2. The normalized spacial score (nSPS) is 15.3. The highest BCUT2D eigenvalue weighted by atomic mass is 32.2. The van der Waals surface area contributed by atoms with E-state index in [9.17, 15) is 55.7 Å². The lowest BCUT2D eigenvalue weighted by atomic mass is 10.0. The Labute approximate surface area is 303 Å². The molecule has 4 amide bonds. The monoisotopic (exact) mass is 774 g/mol. The first-order valence-electron chi connectivity index (χ1n) is 15.7. The van der Waals surface area contributed by atoms with Crippen molar-refractivity contribution in [3.05, 3.63) is 69.8 Å². The first-order chi connectivity index (χ1) is 24.3. The van der Waals surface area contributed by atoms with Crippen molar-refractivity contribution in [2.24, 2.45) is 0 Å². The van der Waals surface area contributed by atoms with Crippen molar-refractivity contribution >= 4 is 52.1 Å². The topological polar surface area (TPSA) is 158 Å². The maximum atomic E-state index is 13.7. The maximum Gasteiger partial charge on any atom is 0.416 e. The fraction of sp³-hybridized carbons (Fsp3) is 0.424. The van der Waals surface area contributed by atoms with E-state index in [4.69, 9.17) is 4.84 Å². The summed E-state index contributed by atoms with van der Waals surface area (Å²) in [5, 5.41) is 23.8. The lowest BCUT2D eigenvalue weighted by molar-refractivity contribution is -0.143. The Morgan fingerprint density at radius 3 is 2.06 bits per heavy atom. The molecule has 0 radical (unpaired) electrons. The molecule has 1 aliphatic rings. The summed E-state index contributed by atoms with van der Waals surface area (Å²) in [5.41, 5.74) is -2.23. The smallest absolute Gasteiger partial charge is 0.416 e. The Morgan fingerprint density at radius 1 is 0.925 bits per heavy atom. The Hall–Kier alpha value is -4.82. The van der Waals surface area contributed by atoms with E-state index in [1.54, 1.807) is 47.6 Å². The second-order valence-electron chi connectivity index (χ2n) is 13.8. The summed E-state index contributed by atoms with van der Waals surface area (Å²) in [5.74, 6) is -0.679. The maximum absolute atomic E-state index is 13.7. The standard InChI is InChI=1S/C33H36F6N6O7S/c1-30(2,3)44(27(47)48)26(45(28(49)50)31(4,5)6)41-52-12-11-42-25(46)24(53-29(42)51)14-18-7-10-23-20(13-18)16-40-43(23)17-19-8-9-21(32(34,35)36)15-22(19)33(37,38)39/h7-10,13-16,26,41H,11-12,17H2,1-6H3,(H,47,48)(H,49,50). The summed E-state index contributed by atoms with van der Waals surface area (Å²) < 4.78 is 81.6. The van der Waals surface area contributed by atoms with Gasteiger partial charge in [-0.05, 0) is 94.8 Å². The van der Waals surface area contributed by atoms with Crippen LogP contribution < -0.4 is 5.48 Å². The van der Waals surface area contributed by atoms with Gasteiger partial charge in [-0.2, -0.15) is 36.9 Å². The summed E-state index contributed by atoms with van der Waals surface area (Å²) in [6.45, 7) is 8.24. The molecule has 0 aliphatic carbocycles. The largest absolute Gasteiger partial charge is 0.465 e. The lowest BCUT2D eigenvalue weighted by Gasteiger charge is -2.47. The number of thioether (sulfide) groups is 1. The summed E-state index contributed by atoms with van der Waals surface area (Å²) in [6.07, 6.45) is -11.7. The van der Waals surface area contributed by atoms with E-state index in [0.29, 0.717) is 34.3 Å². The number of hydrogen-bond donors (Lipinski definition) is 3. The van der Waals surface area contributed by atoms with Crippen molar-refractivity contribution in [2.45, 2.75) is 77.8 Å². The summed E-state index contributed by atoms with van der Waals surface area (Å²) in [7, 11) is 0. The van der Waals surface area contributed by atoms with Crippen LogP contribution >= 0.6 is 11.8 Å². The first kappa shape index (κ1) is 40.9. The Balaban J connectivity index is 1.48. The molecule has 0 unspecified atom stereocenters. The average Bonchev–Trinajstić information content (AvgIpc) is 3.50. The predicted molar refractivity (Wildman–Crippen MR) is 180 cm³/mol. The van der Waals surface area contributed by atoms with E-state index in [-0.39, 0.29) is 24.1 Å². The van der Waals surface area contributed by atoms with Crippen molar-refractivity contribution in [1.82, 2.24) is 30.0 Å². The number of hydroxylamine groups is 1. The minimum absolute atomic E-state index is 0.0294. The van der Waals surface area contributed by atoms with Crippen LogP contribution in [0, 0.1) is 0 Å². The number of nitrogens with zero attached hydrogens (tertiary/aromatic N) is 5. The number of benzene rings is 2. The second kappa shape index (κ2) is 14.9. The number of hydrogen-bond acceptors (Lipinski definition) is 8. The molecule has 3 N–H and O–H groups in total. The molecule has 53 heavy (non-hydrogen) atoms. The zero-order valence-electron chi connectivity index (χ0n) is 29.2. The van der Waals surface area contributed by atoms with Crippen LogP contribution in [0.25, 0.3) is 17.0 Å². The Morgan fingerprint density at radius 2 is 1.53 bits per heavy atom. The minimum atomic E-state index is -5.05. The van der Waals surface area contributed by atoms with Crippen LogP contribution in [0.3, 0.4) is 0 Å². The molecule has 288 valence electrons. The van der Waals surface area contributed by atoms with Crippen molar-refractivity contribution in [3.8, 4) is 0 Å². The van der Waals surface area contributed by atoms with Gasteiger partial charge in [0.25, 0.3) is 11.1 Å². The zero-order chi connectivity index (χ0) is 39.8. The molecule has 20 heteroatoms. The molecule has 0 spiro atoms. The van der Waals surface area contributed by atoms with Crippen molar-refractivity contribution in [2.75, 3.05) is 13.2 Å². The van der Waals surface area contributed by atoms with E-state index >= 15 is 0 Å². The van der Waals surface area contributed by atoms with E-state index in [2.05, 4.69) is 10.6 Å². The molecule has 1 aromatic heterocycles. The average molecular weight is 775 g/mol. The molecule has 4 rings (SSSR count). The van der Waals surface area contributed by atoms with E-state index < -0.39 is 76.3 Å². The lowest BCUT2D eigenvalue weighted by Crippen LogP contribution is -2.68. The molecule has 13 nitrogen and oxygen atoms in total. The van der Waals surface area contributed by atoms with Gasteiger partial charge < -0.3 is 10.2 Å². The third-order valence-electron chi connectivity index (χ3n) is 7.85. The number of imide groups is 1. The van der Waals surface area contributed by atoms with Gasteiger partial charge in [-0.3, -0.25) is 33.8 Å². The number of fused-ring (bicyclic) bond motifs is 1. The molecular formula is C33H36F6N6O7S. The molecule has 2 aromatic carbocycles. The highest BCUT2D eigenvalue weighted by molar-refractivity contribution is 8.18. The van der Waals surface area contributed by atoms with Gasteiger partial charge in [0.15, 0.2) is 6.29 Å². The van der Waals surface area contributed by atoms with E-state index in [1.165, 1.54) is 29.1 Å². The number of alkyl halides is 6. The molecular weight excluding hydrogens is 738 g/mol. The quantitative estimate of drug-likeness (QED) is 0.0619. The van der Waals surface area contributed by atoms with Gasteiger partial charge >= 0.3 is 24.5 Å². The van der Waals surface area contributed by atoms with Gasteiger partial charge in [0.05, 0.1) is 47.4 Å². The van der Waals surface area contributed by atoms with Gasteiger partial charge in [0, 0.05) is 16.5 Å². The highest BCUT2D eigenvalue weighted by Crippen LogP contribution is 2.38. The highest BCUT2D eigenvalue weighted by Gasteiger charge is 2.44. The van der Waals surface area contributed by atoms with Crippen LogP contribution in [-0.4, -0.2) is 88.5 Å².